The van der Waals surface area contributed by atoms with Crippen molar-refractivity contribution in [1.82, 2.24) is 0 Å². The Balaban J connectivity index is 1.65. The van der Waals surface area contributed by atoms with Crippen LogP contribution < -0.4 is 9.64 Å². The fraction of sp³-hybridized carbons (Fsp3) is 0.391. The zero-order valence-corrected chi connectivity index (χ0v) is 17.8. The summed E-state index contributed by atoms with van der Waals surface area (Å²) in [5, 5.41) is 0.565. The highest BCUT2D eigenvalue weighted by Gasteiger charge is 2.56. The summed E-state index contributed by atoms with van der Waals surface area (Å²) in [6.07, 6.45) is -3.56. The molecular weight excluding hydrogens is 447 g/mol. The summed E-state index contributed by atoms with van der Waals surface area (Å²) in [6, 6.07) is 9.45. The SMILES string of the molecule is COC(=O)c1ccc2c(c1)N(C(=O)C(F)(F)F)C[C@]1(CO2)C[C@@H]2C[C@@H]2c2cc(Cl)ccc21. The molecule has 0 aromatic heterocycles. The molecule has 3 atom stereocenters. The van der Waals surface area contributed by atoms with Crippen LogP contribution >= 0.6 is 11.6 Å². The van der Waals surface area contributed by atoms with Gasteiger partial charge in [-0.1, -0.05) is 17.7 Å². The normalized spacial score (nSPS) is 25.7. The molecule has 2 aliphatic carbocycles. The van der Waals surface area contributed by atoms with Gasteiger partial charge in [0.2, 0.25) is 0 Å². The van der Waals surface area contributed by atoms with E-state index in [1.807, 2.05) is 12.1 Å². The Bertz CT molecular complexity index is 1130. The standard InChI is InChI=1S/C23H19ClF3NO4/c1-31-20(29)12-2-5-19-18(7-12)28(21(30)23(25,26)27)10-22(11-32-19)9-13-6-15(13)16-8-14(24)3-4-17(16)22/h2-5,7-8,13,15H,6,9-11H2,1H3/t13-,15-,22-/m0/s1. The van der Waals surface area contributed by atoms with E-state index in [4.69, 9.17) is 21.1 Å². The number of amides is 1. The third-order valence-corrected chi connectivity index (χ3v) is 6.92. The van der Waals surface area contributed by atoms with Crippen molar-refractivity contribution in [3.05, 3.63) is 58.1 Å². The van der Waals surface area contributed by atoms with Crippen molar-refractivity contribution in [2.75, 3.05) is 25.2 Å². The maximum atomic E-state index is 13.6. The van der Waals surface area contributed by atoms with Crippen LogP contribution in [-0.2, 0) is 14.9 Å². The lowest BCUT2D eigenvalue weighted by Gasteiger charge is -2.40. The number of hydrogen-bond donors (Lipinski definition) is 0. The van der Waals surface area contributed by atoms with E-state index in [2.05, 4.69) is 0 Å². The quantitative estimate of drug-likeness (QED) is 0.564. The van der Waals surface area contributed by atoms with Gasteiger partial charge in [-0.25, -0.2) is 4.79 Å². The Hall–Kier alpha value is -2.74. The molecule has 5 rings (SSSR count). The lowest BCUT2D eigenvalue weighted by atomic mass is 9.70. The number of halogens is 4. The van der Waals surface area contributed by atoms with Gasteiger partial charge >= 0.3 is 18.1 Å². The molecule has 2 aromatic rings. The number of methoxy groups -OCH3 is 1. The summed E-state index contributed by atoms with van der Waals surface area (Å²) in [5.74, 6) is -1.97. The van der Waals surface area contributed by atoms with Crippen molar-refractivity contribution < 1.29 is 32.2 Å². The maximum Gasteiger partial charge on any atom is 0.471 e. The molecule has 1 heterocycles. The van der Waals surface area contributed by atoms with Crippen LogP contribution in [0.4, 0.5) is 18.9 Å². The Labute approximate surface area is 187 Å². The zero-order valence-electron chi connectivity index (χ0n) is 17.0. The number of rotatable bonds is 1. The average Bonchev–Trinajstić information content (AvgIpc) is 3.55. The Morgan fingerprint density at radius 2 is 2.00 bits per heavy atom. The van der Waals surface area contributed by atoms with Crippen LogP contribution in [0.15, 0.2) is 36.4 Å². The number of fused-ring (bicyclic) bond motifs is 5. The van der Waals surface area contributed by atoms with Crippen molar-refractivity contribution >= 4 is 29.2 Å². The monoisotopic (exact) mass is 465 g/mol. The van der Waals surface area contributed by atoms with Crippen molar-refractivity contribution in [2.45, 2.75) is 30.4 Å². The summed E-state index contributed by atoms with van der Waals surface area (Å²) >= 11 is 6.20. The number of anilines is 1. The molecule has 2 aromatic carbocycles. The highest BCUT2D eigenvalue weighted by molar-refractivity contribution is 6.30. The topological polar surface area (TPSA) is 55.8 Å². The molecule has 1 saturated carbocycles. The van der Waals surface area contributed by atoms with Gasteiger partial charge in [0.1, 0.15) is 5.75 Å². The molecule has 1 fully saturated rings. The molecule has 168 valence electrons. The smallest absolute Gasteiger partial charge is 0.471 e. The van der Waals surface area contributed by atoms with Gasteiger partial charge in [-0.3, -0.25) is 4.79 Å². The minimum absolute atomic E-state index is 0.0313. The molecule has 0 radical (unpaired) electrons. The van der Waals surface area contributed by atoms with Crippen LogP contribution in [0, 0.1) is 5.92 Å². The van der Waals surface area contributed by atoms with Crippen LogP contribution in [0.25, 0.3) is 0 Å². The first kappa shape index (κ1) is 21.1. The largest absolute Gasteiger partial charge is 0.490 e. The van der Waals surface area contributed by atoms with Crippen LogP contribution in [0.5, 0.6) is 5.75 Å². The number of nitrogens with zero attached hydrogens (tertiary/aromatic N) is 1. The van der Waals surface area contributed by atoms with Gasteiger partial charge in [0.15, 0.2) is 0 Å². The lowest BCUT2D eigenvalue weighted by molar-refractivity contribution is -0.170. The summed E-state index contributed by atoms with van der Waals surface area (Å²) in [7, 11) is 1.17. The van der Waals surface area contributed by atoms with Gasteiger partial charge in [0.05, 0.1) is 25.0 Å². The number of hydrogen-bond acceptors (Lipinski definition) is 4. The van der Waals surface area contributed by atoms with Crippen LogP contribution in [0.1, 0.15) is 40.2 Å². The summed E-state index contributed by atoms with van der Waals surface area (Å²) in [5.41, 5.74) is 0.979. The number of benzene rings is 2. The lowest BCUT2D eigenvalue weighted by Crippen LogP contribution is -2.51. The Morgan fingerprint density at radius 1 is 1.22 bits per heavy atom. The molecule has 1 aliphatic heterocycles. The third-order valence-electron chi connectivity index (χ3n) is 6.68. The van der Waals surface area contributed by atoms with Crippen LogP contribution in [-0.4, -0.2) is 38.3 Å². The molecule has 0 saturated heterocycles. The molecule has 0 bridgehead atoms. The van der Waals surface area contributed by atoms with E-state index in [0.29, 0.717) is 28.2 Å². The van der Waals surface area contributed by atoms with Crippen molar-refractivity contribution in [1.29, 1.82) is 0 Å². The number of carbonyl (C=O) groups is 2. The maximum absolute atomic E-state index is 13.6. The van der Waals surface area contributed by atoms with Gasteiger partial charge in [0, 0.05) is 17.0 Å². The highest BCUT2D eigenvalue weighted by Crippen LogP contribution is 2.61. The van der Waals surface area contributed by atoms with Crippen molar-refractivity contribution in [2.24, 2.45) is 5.92 Å². The molecule has 0 N–H and O–H groups in total. The number of alkyl halides is 3. The van der Waals surface area contributed by atoms with Gasteiger partial charge in [-0.15, -0.1) is 0 Å². The number of esters is 1. The molecule has 1 spiro atoms. The van der Waals surface area contributed by atoms with E-state index in [1.165, 1.54) is 25.3 Å². The van der Waals surface area contributed by atoms with Crippen molar-refractivity contribution in [3.8, 4) is 5.75 Å². The Morgan fingerprint density at radius 3 is 2.72 bits per heavy atom. The van der Waals surface area contributed by atoms with Gasteiger partial charge in [-0.2, -0.15) is 13.2 Å². The van der Waals surface area contributed by atoms with E-state index in [9.17, 15) is 22.8 Å². The average molecular weight is 466 g/mol. The van der Waals surface area contributed by atoms with Gasteiger partial charge < -0.3 is 14.4 Å². The van der Waals surface area contributed by atoms with Crippen LogP contribution in [0.2, 0.25) is 5.02 Å². The van der Waals surface area contributed by atoms with E-state index in [0.717, 1.165) is 17.5 Å². The second-order valence-electron chi connectivity index (χ2n) is 8.67. The first-order chi connectivity index (χ1) is 15.1. The number of carbonyl (C=O) groups excluding carboxylic acids is 2. The molecule has 1 amide bonds. The fourth-order valence-corrected chi connectivity index (χ4v) is 5.33. The van der Waals surface area contributed by atoms with Gasteiger partial charge in [-0.05, 0) is 66.1 Å². The Kier molecular flexibility index (Phi) is 4.71. The third kappa shape index (κ3) is 3.32. The second kappa shape index (κ2) is 7.13. The predicted molar refractivity (Wildman–Crippen MR) is 110 cm³/mol. The zero-order chi connectivity index (χ0) is 22.8. The van der Waals surface area contributed by atoms with Crippen LogP contribution in [0.3, 0.4) is 0 Å². The highest BCUT2D eigenvalue weighted by atomic mass is 35.5. The molecule has 0 unspecified atom stereocenters. The molecule has 9 heteroatoms. The molecule has 3 aliphatic rings. The molecule has 32 heavy (non-hydrogen) atoms. The second-order valence-corrected chi connectivity index (χ2v) is 9.11. The summed E-state index contributed by atoms with van der Waals surface area (Å²) in [4.78, 5) is 25.3. The minimum atomic E-state index is -5.09. The van der Waals surface area contributed by atoms with Gasteiger partial charge in [0.25, 0.3) is 0 Å². The first-order valence-corrected chi connectivity index (χ1v) is 10.5. The minimum Gasteiger partial charge on any atom is -0.490 e. The van der Waals surface area contributed by atoms with E-state index >= 15 is 0 Å². The summed E-state index contributed by atoms with van der Waals surface area (Å²) < 4.78 is 51.6. The molecule has 5 nitrogen and oxygen atoms in total. The first-order valence-electron chi connectivity index (χ1n) is 10.2. The predicted octanol–water partition coefficient (Wildman–Crippen LogP) is 4.86. The number of ether oxygens (including phenoxy) is 2. The van der Waals surface area contributed by atoms with E-state index in [1.54, 1.807) is 6.07 Å². The van der Waals surface area contributed by atoms with E-state index < -0.39 is 23.5 Å². The van der Waals surface area contributed by atoms with E-state index in [-0.39, 0.29) is 30.2 Å². The van der Waals surface area contributed by atoms with Crippen molar-refractivity contribution in [3.63, 3.8) is 0 Å². The molecular formula is C23H19ClF3NO4. The summed E-state index contributed by atoms with van der Waals surface area (Å²) in [6.45, 7) is -0.113. The fourth-order valence-electron chi connectivity index (χ4n) is 5.15.